The third-order valence-electron chi connectivity index (χ3n) is 3.44. The number of likely N-dealkylation sites (N-methyl/N-ethyl adjacent to an activating group) is 1. The van der Waals surface area contributed by atoms with Crippen LogP contribution in [-0.4, -0.2) is 31.1 Å². The first-order chi connectivity index (χ1) is 8.58. The summed E-state index contributed by atoms with van der Waals surface area (Å²) >= 11 is 3.18. The van der Waals surface area contributed by atoms with Gasteiger partial charge < -0.3 is 10.2 Å². The van der Waals surface area contributed by atoms with Crippen molar-refractivity contribution in [1.29, 1.82) is 0 Å². The van der Waals surface area contributed by atoms with Gasteiger partial charge in [0.25, 0.3) is 0 Å². The number of likely N-dealkylation sites (tertiary alicyclic amines) is 1. The van der Waals surface area contributed by atoms with Gasteiger partial charge in [0.05, 0.1) is 5.69 Å². The molecule has 2 nitrogen and oxygen atoms in total. The van der Waals surface area contributed by atoms with Gasteiger partial charge in [-0.1, -0.05) is 6.42 Å². The molecule has 0 radical (unpaired) electrons. The lowest BCUT2D eigenvalue weighted by molar-refractivity contribution is 0.194. The standard InChI is InChI=1S/C13H17BrF2N2/c1-18-5-3-2-4-10(18)8-17-13-11(14)6-9(15)7-12(13)16/h6-7,10,17H,2-5,8H2,1H3. The van der Waals surface area contributed by atoms with Crippen molar-refractivity contribution in [3.8, 4) is 0 Å². The molecule has 0 aliphatic carbocycles. The molecule has 18 heavy (non-hydrogen) atoms. The van der Waals surface area contributed by atoms with Gasteiger partial charge in [0.2, 0.25) is 0 Å². The highest BCUT2D eigenvalue weighted by molar-refractivity contribution is 9.10. The molecule has 1 aromatic rings. The van der Waals surface area contributed by atoms with Crippen molar-refractivity contribution in [2.75, 3.05) is 25.5 Å². The van der Waals surface area contributed by atoms with Gasteiger partial charge in [-0.15, -0.1) is 0 Å². The number of halogens is 3. The normalized spacial score (nSPS) is 21.0. The molecule has 1 saturated heterocycles. The third kappa shape index (κ3) is 3.20. The Bertz CT molecular complexity index is 402. The van der Waals surface area contributed by atoms with E-state index in [0.717, 1.165) is 19.0 Å². The molecule has 1 aromatic carbocycles. The topological polar surface area (TPSA) is 15.3 Å². The second kappa shape index (κ2) is 5.97. The summed E-state index contributed by atoms with van der Waals surface area (Å²) in [5, 5.41) is 3.08. The Labute approximate surface area is 114 Å². The third-order valence-corrected chi connectivity index (χ3v) is 4.07. The Hall–Kier alpha value is -0.680. The summed E-state index contributed by atoms with van der Waals surface area (Å²) in [4.78, 5) is 2.28. The van der Waals surface area contributed by atoms with Crippen molar-refractivity contribution >= 4 is 21.6 Å². The summed E-state index contributed by atoms with van der Waals surface area (Å²) in [6, 6.07) is 2.59. The highest BCUT2D eigenvalue weighted by atomic mass is 79.9. The summed E-state index contributed by atoms with van der Waals surface area (Å²) in [6.45, 7) is 1.76. The number of anilines is 1. The molecule has 0 saturated carbocycles. The van der Waals surface area contributed by atoms with E-state index in [9.17, 15) is 8.78 Å². The van der Waals surface area contributed by atoms with Crippen molar-refractivity contribution in [3.05, 3.63) is 28.2 Å². The Kier molecular flexibility index (Phi) is 4.56. The number of piperidine rings is 1. The van der Waals surface area contributed by atoms with Crippen LogP contribution in [0.4, 0.5) is 14.5 Å². The van der Waals surface area contributed by atoms with Gasteiger partial charge in [0.15, 0.2) is 0 Å². The van der Waals surface area contributed by atoms with Crippen molar-refractivity contribution in [3.63, 3.8) is 0 Å². The molecule has 0 amide bonds. The van der Waals surface area contributed by atoms with E-state index in [-0.39, 0.29) is 0 Å². The zero-order chi connectivity index (χ0) is 13.1. The summed E-state index contributed by atoms with van der Waals surface area (Å²) in [7, 11) is 2.08. The quantitative estimate of drug-likeness (QED) is 0.915. The molecular formula is C13H17BrF2N2. The Morgan fingerprint density at radius 1 is 1.39 bits per heavy atom. The molecule has 1 atom stereocenters. The molecule has 5 heteroatoms. The molecule has 2 rings (SSSR count). The van der Waals surface area contributed by atoms with Gasteiger partial charge in [-0.25, -0.2) is 8.78 Å². The van der Waals surface area contributed by atoms with E-state index < -0.39 is 11.6 Å². The molecule has 0 aromatic heterocycles. The zero-order valence-corrected chi connectivity index (χ0v) is 11.9. The average molecular weight is 319 g/mol. The fraction of sp³-hybridized carbons (Fsp3) is 0.538. The Balaban J connectivity index is 2.01. The lowest BCUT2D eigenvalue weighted by Crippen LogP contribution is -2.40. The van der Waals surface area contributed by atoms with Crippen molar-refractivity contribution in [2.45, 2.75) is 25.3 Å². The van der Waals surface area contributed by atoms with Gasteiger partial charge >= 0.3 is 0 Å². The van der Waals surface area contributed by atoms with Crippen LogP contribution in [0.25, 0.3) is 0 Å². The molecule has 1 N–H and O–H groups in total. The van der Waals surface area contributed by atoms with Crippen molar-refractivity contribution < 1.29 is 8.78 Å². The molecule has 0 spiro atoms. The number of hydrogen-bond acceptors (Lipinski definition) is 2. The Morgan fingerprint density at radius 3 is 2.83 bits per heavy atom. The first-order valence-electron chi connectivity index (χ1n) is 6.16. The zero-order valence-electron chi connectivity index (χ0n) is 10.3. The fourth-order valence-electron chi connectivity index (χ4n) is 2.33. The number of rotatable bonds is 3. The molecule has 1 heterocycles. The van der Waals surface area contributed by atoms with Gasteiger partial charge in [-0.2, -0.15) is 0 Å². The molecule has 0 bridgehead atoms. The average Bonchev–Trinajstić information content (AvgIpc) is 2.30. The van der Waals surface area contributed by atoms with Gasteiger partial charge in [0, 0.05) is 23.1 Å². The lowest BCUT2D eigenvalue weighted by Gasteiger charge is -2.32. The van der Waals surface area contributed by atoms with Gasteiger partial charge in [-0.3, -0.25) is 0 Å². The smallest absolute Gasteiger partial charge is 0.150 e. The van der Waals surface area contributed by atoms with Crippen LogP contribution in [0.15, 0.2) is 16.6 Å². The highest BCUT2D eigenvalue weighted by Gasteiger charge is 2.19. The second-order valence-electron chi connectivity index (χ2n) is 4.76. The second-order valence-corrected chi connectivity index (χ2v) is 5.61. The fourth-order valence-corrected chi connectivity index (χ4v) is 2.88. The van der Waals surface area contributed by atoms with Crippen molar-refractivity contribution in [2.24, 2.45) is 0 Å². The van der Waals surface area contributed by atoms with Crippen LogP contribution >= 0.6 is 15.9 Å². The van der Waals surface area contributed by atoms with Gasteiger partial charge in [0.1, 0.15) is 11.6 Å². The van der Waals surface area contributed by atoms with E-state index in [2.05, 4.69) is 33.2 Å². The van der Waals surface area contributed by atoms with E-state index in [4.69, 9.17) is 0 Å². The van der Waals surface area contributed by atoms with Crippen LogP contribution in [0.2, 0.25) is 0 Å². The van der Waals surface area contributed by atoms with Crippen LogP contribution in [0.3, 0.4) is 0 Å². The molecule has 1 aliphatic heterocycles. The van der Waals surface area contributed by atoms with E-state index in [1.807, 2.05) is 0 Å². The van der Waals surface area contributed by atoms with Crippen LogP contribution in [0.5, 0.6) is 0 Å². The number of benzene rings is 1. The summed E-state index contributed by atoms with van der Waals surface area (Å²) < 4.78 is 27.0. The highest BCUT2D eigenvalue weighted by Crippen LogP contribution is 2.27. The summed E-state index contributed by atoms with van der Waals surface area (Å²) in [5.74, 6) is -1.12. The summed E-state index contributed by atoms with van der Waals surface area (Å²) in [6.07, 6.45) is 3.55. The largest absolute Gasteiger partial charge is 0.380 e. The predicted octanol–water partition coefficient (Wildman–Crippen LogP) is 3.62. The van der Waals surface area contributed by atoms with Crippen LogP contribution < -0.4 is 5.32 Å². The minimum atomic E-state index is -0.570. The molecule has 1 unspecified atom stereocenters. The summed E-state index contributed by atoms with van der Waals surface area (Å²) in [5.41, 5.74) is 0.343. The van der Waals surface area contributed by atoms with E-state index in [0.29, 0.717) is 22.7 Å². The molecule has 100 valence electrons. The molecular weight excluding hydrogens is 302 g/mol. The maximum absolute atomic E-state index is 13.6. The van der Waals surface area contributed by atoms with Crippen LogP contribution in [0, 0.1) is 11.6 Å². The lowest BCUT2D eigenvalue weighted by atomic mass is 10.0. The number of nitrogens with one attached hydrogen (secondary N) is 1. The van der Waals surface area contributed by atoms with E-state index in [1.165, 1.54) is 18.9 Å². The van der Waals surface area contributed by atoms with Gasteiger partial charge in [-0.05, 0) is 48.4 Å². The minimum Gasteiger partial charge on any atom is -0.380 e. The Morgan fingerprint density at radius 2 is 2.17 bits per heavy atom. The monoisotopic (exact) mass is 318 g/mol. The minimum absolute atomic E-state index is 0.343. The van der Waals surface area contributed by atoms with Crippen LogP contribution in [-0.2, 0) is 0 Å². The van der Waals surface area contributed by atoms with E-state index in [1.54, 1.807) is 0 Å². The van der Waals surface area contributed by atoms with E-state index >= 15 is 0 Å². The number of nitrogens with zero attached hydrogens (tertiary/aromatic N) is 1. The maximum Gasteiger partial charge on any atom is 0.150 e. The van der Waals surface area contributed by atoms with Crippen molar-refractivity contribution in [1.82, 2.24) is 4.90 Å². The number of hydrogen-bond donors (Lipinski definition) is 1. The molecule has 1 aliphatic rings. The first-order valence-corrected chi connectivity index (χ1v) is 6.96. The van der Waals surface area contributed by atoms with Crippen LogP contribution in [0.1, 0.15) is 19.3 Å². The first kappa shape index (κ1) is 13.7. The SMILES string of the molecule is CN1CCCCC1CNc1c(F)cc(F)cc1Br. The predicted molar refractivity (Wildman–Crippen MR) is 72.8 cm³/mol. The maximum atomic E-state index is 13.6. The molecule has 1 fully saturated rings.